The molecular formula is C23H19BrClN3O2. The van der Waals surface area contributed by atoms with Crippen LogP contribution in [0, 0.1) is 0 Å². The normalized spacial score (nSPS) is 11.6. The van der Waals surface area contributed by atoms with Gasteiger partial charge in [0.15, 0.2) is 0 Å². The lowest BCUT2D eigenvalue weighted by Crippen LogP contribution is -2.22. The molecule has 0 amide bonds. The Kier molecular flexibility index (Phi) is 6.16. The average Bonchev–Trinajstić information content (AvgIpc) is 3.21. The van der Waals surface area contributed by atoms with Crippen LogP contribution in [0.4, 0.5) is 0 Å². The minimum Gasteiger partial charge on any atom is -0.455 e. The standard InChI is InChI=1S/C23H19BrClN3O2/c1-2-3-7-22-27-20-10-8-16(24)13-19(20)23(29)28(22)26-14-18-9-11-21(30-18)15-5-4-6-17(25)12-15/h4-6,8-14H,2-3,7H2,1H3. The topological polar surface area (TPSA) is 60.4 Å². The second kappa shape index (κ2) is 8.98. The van der Waals surface area contributed by atoms with Gasteiger partial charge in [0.25, 0.3) is 5.56 Å². The Hall–Kier alpha value is -2.70. The molecular weight excluding hydrogens is 466 g/mol. The summed E-state index contributed by atoms with van der Waals surface area (Å²) in [4.78, 5) is 17.8. The zero-order valence-electron chi connectivity index (χ0n) is 16.3. The van der Waals surface area contributed by atoms with E-state index in [1.54, 1.807) is 6.07 Å². The van der Waals surface area contributed by atoms with Gasteiger partial charge in [0.1, 0.15) is 17.3 Å². The highest BCUT2D eigenvalue weighted by Gasteiger charge is 2.11. The molecule has 0 saturated heterocycles. The van der Waals surface area contributed by atoms with Crippen LogP contribution in [0.2, 0.25) is 5.02 Å². The molecule has 0 unspecified atom stereocenters. The van der Waals surface area contributed by atoms with E-state index in [1.165, 1.54) is 10.9 Å². The molecule has 0 atom stereocenters. The van der Waals surface area contributed by atoms with Gasteiger partial charge in [-0.1, -0.05) is 53.0 Å². The van der Waals surface area contributed by atoms with Crippen molar-refractivity contribution < 1.29 is 4.42 Å². The second-order valence-electron chi connectivity index (χ2n) is 6.87. The zero-order valence-corrected chi connectivity index (χ0v) is 18.7. The average molecular weight is 485 g/mol. The summed E-state index contributed by atoms with van der Waals surface area (Å²) in [6.07, 6.45) is 4.13. The number of fused-ring (bicyclic) bond motifs is 1. The smallest absolute Gasteiger partial charge is 0.282 e. The number of rotatable bonds is 6. The molecule has 30 heavy (non-hydrogen) atoms. The van der Waals surface area contributed by atoms with Gasteiger partial charge in [-0.05, 0) is 48.9 Å². The van der Waals surface area contributed by atoms with Gasteiger partial charge in [0.05, 0.1) is 17.1 Å². The highest BCUT2D eigenvalue weighted by Crippen LogP contribution is 2.24. The Labute approximate surface area is 187 Å². The van der Waals surface area contributed by atoms with Crippen molar-refractivity contribution in [2.24, 2.45) is 5.10 Å². The number of benzene rings is 2. The van der Waals surface area contributed by atoms with Crippen LogP contribution in [-0.4, -0.2) is 15.9 Å². The lowest BCUT2D eigenvalue weighted by Gasteiger charge is -2.08. The van der Waals surface area contributed by atoms with E-state index in [0.29, 0.717) is 39.7 Å². The van der Waals surface area contributed by atoms with Crippen molar-refractivity contribution >= 4 is 44.6 Å². The lowest BCUT2D eigenvalue weighted by molar-refractivity contribution is 0.573. The molecule has 0 aliphatic heterocycles. The van der Waals surface area contributed by atoms with Gasteiger partial charge >= 0.3 is 0 Å². The zero-order chi connectivity index (χ0) is 21.1. The van der Waals surface area contributed by atoms with Gasteiger partial charge in [-0.15, -0.1) is 0 Å². The number of hydrogen-bond donors (Lipinski definition) is 0. The van der Waals surface area contributed by atoms with Crippen LogP contribution in [0.1, 0.15) is 31.4 Å². The minimum absolute atomic E-state index is 0.203. The lowest BCUT2D eigenvalue weighted by atomic mass is 10.2. The first-order valence-corrected chi connectivity index (χ1v) is 10.8. The van der Waals surface area contributed by atoms with Crippen LogP contribution >= 0.6 is 27.5 Å². The largest absolute Gasteiger partial charge is 0.455 e. The molecule has 0 spiro atoms. The third-order valence-corrected chi connectivity index (χ3v) is 5.39. The molecule has 2 aromatic carbocycles. The highest BCUT2D eigenvalue weighted by molar-refractivity contribution is 9.10. The molecule has 0 saturated carbocycles. The maximum atomic E-state index is 13.1. The molecule has 152 valence electrons. The number of furan rings is 1. The van der Waals surface area contributed by atoms with E-state index in [2.05, 4.69) is 32.9 Å². The van der Waals surface area contributed by atoms with Crippen LogP contribution in [-0.2, 0) is 6.42 Å². The highest BCUT2D eigenvalue weighted by atomic mass is 79.9. The van der Waals surface area contributed by atoms with Crippen molar-refractivity contribution in [1.29, 1.82) is 0 Å². The molecule has 7 heteroatoms. The summed E-state index contributed by atoms with van der Waals surface area (Å²) >= 11 is 9.48. The van der Waals surface area contributed by atoms with Gasteiger partial charge in [0, 0.05) is 21.5 Å². The summed E-state index contributed by atoms with van der Waals surface area (Å²) in [6, 6.07) is 16.6. The van der Waals surface area contributed by atoms with E-state index >= 15 is 0 Å². The Bertz CT molecular complexity index is 1290. The molecule has 0 fully saturated rings. The quantitative estimate of drug-likeness (QED) is 0.302. The Morgan fingerprint density at radius 2 is 2.07 bits per heavy atom. The molecule has 0 bridgehead atoms. The minimum atomic E-state index is -0.203. The van der Waals surface area contributed by atoms with Crippen molar-refractivity contribution in [2.75, 3.05) is 0 Å². The number of unbranched alkanes of at least 4 members (excludes halogenated alkanes) is 1. The van der Waals surface area contributed by atoms with Crippen molar-refractivity contribution in [3.63, 3.8) is 0 Å². The van der Waals surface area contributed by atoms with Gasteiger partial charge < -0.3 is 4.42 Å². The molecule has 4 rings (SSSR count). The van der Waals surface area contributed by atoms with E-state index in [-0.39, 0.29) is 5.56 Å². The van der Waals surface area contributed by atoms with Gasteiger partial charge in [-0.2, -0.15) is 9.78 Å². The van der Waals surface area contributed by atoms with Crippen molar-refractivity contribution in [1.82, 2.24) is 9.66 Å². The monoisotopic (exact) mass is 483 g/mol. The SMILES string of the molecule is CCCCc1nc2ccc(Br)cc2c(=O)n1N=Cc1ccc(-c2cccc(Cl)c2)o1. The van der Waals surface area contributed by atoms with Crippen LogP contribution in [0.25, 0.3) is 22.2 Å². The maximum absolute atomic E-state index is 13.1. The Morgan fingerprint density at radius 1 is 1.20 bits per heavy atom. The first-order valence-electron chi connectivity index (χ1n) is 9.66. The third-order valence-electron chi connectivity index (χ3n) is 4.67. The Morgan fingerprint density at radius 3 is 2.87 bits per heavy atom. The van der Waals surface area contributed by atoms with E-state index in [9.17, 15) is 4.79 Å². The van der Waals surface area contributed by atoms with Gasteiger partial charge in [-0.3, -0.25) is 4.79 Å². The molecule has 0 radical (unpaired) electrons. The summed E-state index contributed by atoms with van der Waals surface area (Å²) in [7, 11) is 0. The van der Waals surface area contributed by atoms with Crippen LogP contribution in [0.3, 0.4) is 0 Å². The predicted octanol–water partition coefficient (Wildman–Crippen LogP) is 6.30. The first-order chi connectivity index (χ1) is 14.5. The number of aryl methyl sites for hydroxylation is 1. The third kappa shape index (κ3) is 4.40. The molecule has 2 aromatic heterocycles. The first kappa shape index (κ1) is 20.6. The van der Waals surface area contributed by atoms with E-state index < -0.39 is 0 Å². The van der Waals surface area contributed by atoms with Gasteiger partial charge in [0.2, 0.25) is 0 Å². The Balaban J connectivity index is 1.73. The second-order valence-corrected chi connectivity index (χ2v) is 8.22. The van der Waals surface area contributed by atoms with Crippen molar-refractivity contribution in [2.45, 2.75) is 26.2 Å². The fraction of sp³-hybridized carbons (Fsp3) is 0.174. The molecule has 0 N–H and O–H groups in total. The summed E-state index contributed by atoms with van der Waals surface area (Å²) in [5.41, 5.74) is 1.34. The molecule has 5 nitrogen and oxygen atoms in total. The number of nitrogens with zero attached hydrogens (tertiary/aromatic N) is 3. The summed E-state index contributed by atoms with van der Waals surface area (Å²) in [5.74, 6) is 1.85. The number of halogens is 2. The molecule has 0 aliphatic rings. The number of hydrogen-bond acceptors (Lipinski definition) is 4. The maximum Gasteiger partial charge on any atom is 0.282 e. The summed E-state index contributed by atoms with van der Waals surface area (Å²) < 4.78 is 8.05. The van der Waals surface area contributed by atoms with Crippen LogP contribution in [0.15, 0.2) is 73.4 Å². The van der Waals surface area contributed by atoms with Crippen LogP contribution < -0.4 is 5.56 Å². The van der Waals surface area contributed by atoms with E-state index in [1.807, 2.05) is 48.5 Å². The van der Waals surface area contributed by atoms with Gasteiger partial charge in [-0.25, -0.2) is 4.98 Å². The van der Waals surface area contributed by atoms with Crippen molar-refractivity contribution in [3.05, 3.63) is 86.0 Å². The fourth-order valence-corrected chi connectivity index (χ4v) is 3.70. The van der Waals surface area contributed by atoms with Crippen LogP contribution in [0.5, 0.6) is 0 Å². The summed E-state index contributed by atoms with van der Waals surface area (Å²) in [5, 5.41) is 5.57. The molecule has 4 aromatic rings. The number of aromatic nitrogens is 2. The van der Waals surface area contributed by atoms with Crippen molar-refractivity contribution in [3.8, 4) is 11.3 Å². The molecule has 0 aliphatic carbocycles. The predicted molar refractivity (Wildman–Crippen MR) is 124 cm³/mol. The molecule has 2 heterocycles. The van der Waals surface area contributed by atoms with E-state index in [4.69, 9.17) is 16.0 Å². The fourth-order valence-electron chi connectivity index (χ4n) is 3.14. The summed E-state index contributed by atoms with van der Waals surface area (Å²) in [6.45, 7) is 2.10. The van der Waals surface area contributed by atoms with E-state index in [0.717, 1.165) is 22.9 Å².